The van der Waals surface area contributed by atoms with Gasteiger partial charge in [-0.1, -0.05) is 29.5 Å². The third-order valence-corrected chi connectivity index (χ3v) is 5.48. The zero-order valence-corrected chi connectivity index (χ0v) is 16.4. The number of aromatic nitrogens is 3. The van der Waals surface area contributed by atoms with Crippen LogP contribution >= 0.6 is 11.8 Å². The second-order valence-electron chi connectivity index (χ2n) is 6.54. The van der Waals surface area contributed by atoms with Crippen LogP contribution in [0.1, 0.15) is 25.3 Å². The van der Waals surface area contributed by atoms with Crippen molar-refractivity contribution < 1.29 is 14.3 Å². The van der Waals surface area contributed by atoms with Gasteiger partial charge in [-0.3, -0.25) is 14.2 Å². The van der Waals surface area contributed by atoms with E-state index in [9.17, 15) is 9.59 Å². The Bertz CT molecular complexity index is 791. The van der Waals surface area contributed by atoms with Crippen LogP contribution in [0.25, 0.3) is 5.69 Å². The van der Waals surface area contributed by atoms with E-state index in [1.807, 2.05) is 35.8 Å². The highest BCUT2D eigenvalue weighted by atomic mass is 32.2. The van der Waals surface area contributed by atoms with Gasteiger partial charge in [-0.2, -0.15) is 0 Å². The first kappa shape index (κ1) is 19.4. The third kappa shape index (κ3) is 4.88. The van der Waals surface area contributed by atoms with Crippen molar-refractivity contribution in [1.29, 1.82) is 0 Å². The molecule has 27 heavy (non-hydrogen) atoms. The summed E-state index contributed by atoms with van der Waals surface area (Å²) in [5, 5.41) is 8.78. The molecule has 0 bridgehead atoms. The van der Waals surface area contributed by atoms with Crippen LogP contribution in [-0.4, -0.2) is 57.0 Å². The SMILES string of the molecule is CCOC(=O)C1CCCN(C(=O)CSc2nncn2-c2ccc(C)cc2)C1. The topological polar surface area (TPSA) is 77.3 Å². The first-order valence-electron chi connectivity index (χ1n) is 9.12. The summed E-state index contributed by atoms with van der Waals surface area (Å²) in [4.78, 5) is 26.3. The predicted molar refractivity (Wildman–Crippen MR) is 103 cm³/mol. The highest BCUT2D eigenvalue weighted by molar-refractivity contribution is 7.99. The third-order valence-electron chi connectivity index (χ3n) is 4.55. The summed E-state index contributed by atoms with van der Waals surface area (Å²) in [5.41, 5.74) is 2.14. The molecule has 1 aromatic heterocycles. The van der Waals surface area contributed by atoms with Crippen molar-refractivity contribution in [2.45, 2.75) is 31.8 Å². The molecule has 0 radical (unpaired) electrons. The molecular weight excluding hydrogens is 364 g/mol. The maximum absolute atomic E-state index is 12.6. The van der Waals surface area contributed by atoms with E-state index in [0.29, 0.717) is 24.9 Å². The Morgan fingerprint density at radius 3 is 2.81 bits per heavy atom. The van der Waals surface area contributed by atoms with E-state index in [-0.39, 0.29) is 23.5 Å². The second kappa shape index (κ2) is 9.03. The Morgan fingerprint density at radius 1 is 1.30 bits per heavy atom. The minimum absolute atomic E-state index is 0.00690. The zero-order valence-electron chi connectivity index (χ0n) is 15.6. The van der Waals surface area contributed by atoms with Crippen molar-refractivity contribution in [2.24, 2.45) is 5.92 Å². The van der Waals surface area contributed by atoms with Gasteiger partial charge in [0, 0.05) is 18.8 Å². The summed E-state index contributed by atoms with van der Waals surface area (Å²) in [7, 11) is 0. The summed E-state index contributed by atoms with van der Waals surface area (Å²) in [6.45, 7) is 5.31. The standard InChI is InChI=1S/C19H24N4O3S/c1-3-26-18(25)15-5-4-10-22(11-15)17(24)12-27-19-21-20-13-23(19)16-8-6-14(2)7-9-16/h6-9,13,15H,3-5,10-12H2,1-2H3. The van der Waals surface area contributed by atoms with Crippen LogP contribution in [0.5, 0.6) is 0 Å². The number of thioether (sulfide) groups is 1. The molecule has 1 amide bonds. The molecule has 3 rings (SSSR count). The Balaban J connectivity index is 1.59. The van der Waals surface area contributed by atoms with Crippen molar-refractivity contribution in [3.8, 4) is 5.69 Å². The molecule has 1 saturated heterocycles. The molecule has 0 saturated carbocycles. The maximum Gasteiger partial charge on any atom is 0.310 e. The molecule has 1 unspecified atom stereocenters. The number of piperidine rings is 1. The van der Waals surface area contributed by atoms with E-state index in [1.165, 1.54) is 17.3 Å². The molecule has 2 aromatic rings. The molecule has 0 aliphatic carbocycles. The lowest BCUT2D eigenvalue weighted by Crippen LogP contribution is -2.43. The van der Waals surface area contributed by atoms with E-state index < -0.39 is 0 Å². The normalized spacial score (nSPS) is 17.0. The van der Waals surface area contributed by atoms with Crippen LogP contribution in [0.3, 0.4) is 0 Å². The molecular formula is C19H24N4O3S. The van der Waals surface area contributed by atoms with Gasteiger partial charge in [-0.05, 0) is 38.8 Å². The van der Waals surface area contributed by atoms with Crippen molar-refractivity contribution in [2.75, 3.05) is 25.4 Å². The number of rotatable bonds is 6. The van der Waals surface area contributed by atoms with Crippen LogP contribution in [0.4, 0.5) is 0 Å². The van der Waals surface area contributed by atoms with E-state index >= 15 is 0 Å². The van der Waals surface area contributed by atoms with Gasteiger partial charge in [-0.25, -0.2) is 0 Å². The second-order valence-corrected chi connectivity index (χ2v) is 7.48. The molecule has 1 fully saturated rings. The van der Waals surface area contributed by atoms with Crippen LogP contribution < -0.4 is 0 Å². The number of benzene rings is 1. The van der Waals surface area contributed by atoms with E-state index in [1.54, 1.807) is 18.2 Å². The van der Waals surface area contributed by atoms with Crippen LogP contribution in [0.2, 0.25) is 0 Å². The Kier molecular flexibility index (Phi) is 6.49. The first-order chi connectivity index (χ1) is 13.1. The van der Waals surface area contributed by atoms with E-state index in [2.05, 4.69) is 10.2 Å². The Labute approximate surface area is 163 Å². The van der Waals surface area contributed by atoms with Crippen molar-refractivity contribution >= 4 is 23.6 Å². The number of esters is 1. The number of likely N-dealkylation sites (tertiary alicyclic amines) is 1. The molecule has 7 nitrogen and oxygen atoms in total. The number of carbonyl (C=O) groups excluding carboxylic acids is 2. The van der Waals surface area contributed by atoms with Gasteiger partial charge >= 0.3 is 5.97 Å². The van der Waals surface area contributed by atoms with Crippen molar-refractivity contribution in [3.63, 3.8) is 0 Å². The summed E-state index contributed by atoms with van der Waals surface area (Å²) in [6.07, 6.45) is 3.24. The summed E-state index contributed by atoms with van der Waals surface area (Å²) in [6, 6.07) is 8.05. The fraction of sp³-hybridized carbons (Fsp3) is 0.474. The minimum atomic E-state index is -0.219. The number of aryl methyl sites for hydroxylation is 1. The number of carbonyl (C=O) groups is 2. The summed E-state index contributed by atoms with van der Waals surface area (Å²) < 4.78 is 6.97. The average molecular weight is 388 g/mol. The highest BCUT2D eigenvalue weighted by Gasteiger charge is 2.29. The van der Waals surface area contributed by atoms with Crippen LogP contribution in [0, 0.1) is 12.8 Å². The van der Waals surface area contributed by atoms with Crippen molar-refractivity contribution in [3.05, 3.63) is 36.2 Å². The highest BCUT2D eigenvalue weighted by Crippen LogP contribution is 2.22. The van der Waals surface area contributed by atoms with Gasteiger partial charge in [-0.15, -0.1) is 10.2 Å². The number of hydrogen-bond donors (Lipinski definition) is 0. The minimum Gasteiger partial charge on any atom is -0.466 e. The van der Waals surface area contributed by atoms with Crippen molar-refractivity contribution in [1.82, 2.24) is 19.7 Å². The number of amides is 1. The smallest absolute Gasteiger partial charge is 0.310 e. The molecule has 0 spiro atoms. The maximum atomic E-state index is 12.6. The van der Waals surface area contributed by atoms with Gasteiger partial charge in [0.25, 0.3) is 0 Å². The zero-order chi connectivity index (χ0) is 19.2. The molecule has 0 N–H and O–H groups in total. The van der Waals surface area contributed by atoms with Gasteiger partial charge in [0.15, 0.2) is 5.16 Å². The largest absolute Gasteiger partial charge is 0.466 e. The number of ether oxygens (including phenoxy) is 1. The van der Waals surface area contributed by atoms with Gasteiger partial charge < -0.3 is 9.64 Å². The predicted octanol–water partition coefficient (Wildman–Crippen LogP) is 2.47. The molecule has 2 heterocycles. The van der Waals surface area contributed by atoms with Gasteiger partial charge in [0.2, 0.25) is 5.91 Å². The average Bonchev–Trinajstić information content (AvgIpc) is 3.15. The van der Waals surface area contributed by atoms with Crippen LogP contribution in [0.15, 0.2) is 35.7 Å². The lowest BCUT2D eigenvalue weighted by molar-refractivity contribution is -0.151. The summed E-state index contributed by atoms with van der Waals surface area (Å²) in [5.74, 6) is -0.154. The molecule has 144 valence electrons. The molecule has 8 heteroatoms. The molecule has 1 aliphatic heterocycles. The van der Waals surface area contributed by atoms with Gasteiger partial charge in [0.1, 0.15) is 6.33 Å². The van der Waals surface area contributed by atoms with E-state index in [4.69, 9.17) is 4.74 Å². The van der Waals surface area contributed by atoms with Gasteiger partial charge in [0.05, 0.1) is 18.3 Å². The first-order valence-corrected chi connectivity index (χ1v) is 10.1. The lowest BCUT2D eigenvalue weighted by Gasteiger charge is -2.31. The van der Waals surface area contributed by atoms with E-state index in [0.717, 1.165) is 18.5 Å². The lowest BCUT2D eigenvalue weighted by atomic mass is 9.98. The van der Waals surface area contributed by atoms with Crippen LogP contribution in [-0.2, 0) is 14.3 Å². The molecule has 1 aromatic carbocycles. The summed E-state index contributed by atoms with van der Waals surface area (Å²) >= 11 is 1.36. The quantitative estimate of drug-likeness (QED) is 0.559. The molecule has 1 atom stereocenters. The fourth-order valence-corrected chi connectivity index (χ4v) is 3.91. The Morgan fingerprint density at radius 2 is 2.07 bits per heavy atom. The number of hydrogen-bond acceptors (Lipinski definition) is 6. The molecule has 1 aliphatic rings. The fourth-order valence-electron chi connectivity index (χ4n) is 3.08. The Hall–Kier alpha value is -2.35. The monoisotopic (exact) mass is 388 g/mol. The number of nitrogens with zero attached hydrogens (tertiary/aromatic N) is 4.